The van der Waals surface area contributed by atoms with Crippen LogP contribution in [0.1, 0.15) is 35.4 Å². The lowest BCUT2D eigenvalue weighted by molar-refractivity contribution is -0.135. The number of nitrogens with zero attached hydrogens (tertiary/aromatic N) is 1. The predicted molar refractivity (Wildman–Crippen MR) is 210 cm³/mol. The fourth-order valence-corrected chi connectivity index (χ4v) is 9.75. The van der Waals surface area contributed by atoms with Crippen LogP contribution in [0.5, 0.6) is 11.5 Å². The summed E-state index contributed by atoms with van der Waals surface area (Å²) in [5.41, 5.74) is 3.61. The molecule has 2 amide bonds. The molecule has 4 aliphatic rings. The summed E-state index contributed by atoms with van der Waals surface area (Å²) in [6.07, 6.45) is 3.93. The van der Waals surface area contributed by atoms with Crippen LogP contribution >= 0.6 is 0 Å². The quantitative estimate of drug-likeness (QED) is 0.129. The van der Waals surface area contributed by atoms with Gasteiger partial charge in [-0.25, -0.2) is 0 Å². The monoisotopic (exact) mass is 726 g/mol. The van der Waals surface area contributed by atoms with Crippen molar-refractivity contribution in [1.82, 2.24) is 0 Å². The number of allylic oxidation sites excluding steroid dienone is 4. The Bertz CT molecular complexity index is 2410. The van der Waals surface area contributed by atoms with E-state index in [0.717, 1.165) is 16.9 Å². The number of anilines is 3. The van der Waals surface area contributed by atoms with Gasteiger partial charge in [0.2, 0.25) is 11.8 Å². The van der Waals surface area contributed by atoms with Gasteiger partial charge in [0, 0.05) is 40.4 Å². The molecule has 3 aliphatic carbocycles. The minimum absolute atomic E-state index is 0.0835. The van der Waals surface area contributed by atoms with Crippen molar-refractivity contribution in [2.45, 2.75) is 24.2 Å². The topological polar surface area (TPSA) is 113 Å². The third kappa shape index (κ3) is 5.35. The SMILES string of the molecule is COc1ccc(C2C3=CCC4C(=O)N(c5ccc(Nc6ccccc6)cc5)C(=O)C4C3CC3C(=O)C(c4ccccc4)=CC(=O)C32c2ccccc2)c(O)c1. The molecular weight excluding hydrogens is 689 g/mol. The van der Waals surface area contributed by atoms with Gasteiger partial charge < -0.3 is 15.2 Å². The van der Waals surface area contributed by atoms with E-state index in [1.165, 1.54) is 24.2 Å². The number of hydrogen-bond donors (Lipinski definition) is 2. The number of para-hydroxylation sites is 1. The van der Waals surface area contributed by atoms with E-state index in [4.69, 9.17) is 4.74 Å². The Morgan fingerprint density at radius 2 is 1.40 bits per heavy atom. The summed E-state index contributed by atoms with van der Waals surface area (Å²) in [5.74, 6) is -4.40. The van der Waals surface area contributed by atoms with E-state index in [9.17, 15) is 14.7 Å². The molecule has 8 nitrogen and oxygen atoms in total. The largest absolute Gasteiger partial charge is 0.508 e. The minimum Gasteiger partial charge on any atom is -0.508 e. The van der Waals surface area contributed by atoms with Crippen molar-refractivity contribution in [3.8, 4) is 11.5 Å². The van der Waals surface area contributed by atoms with Gasteiger partial charge >= 0.3 is 0 Å². The first-order valence-corrected chi connectivity index (χ1v) is 18.6. The zero-order valence-corrected chi connectivity index (χ0v) is 30.1. The number of rotatable bonds is 7. The van der Waals surface area contributed by atoms with Gasteiger partial charge in [-0.05, 0) is 78.4 Å². The number of phenols is 1. The molecule has 8 heteroatoms. The van der Waals surface area contributed by atoms with E-state index < -0.39 is 35.0 Å². The van der Waals surface area contributed by atoms with Crippen LogP contribution in [0.25, 0.3) is 5.57 Å². The fourth-order valence-electron chi connectivity index (χ4n) is 9.75. The number of benzene rings is 5. The average Bonchev–Trinajstić information content (AvgIpc) is 3.48. The highest BCUT2D eigenvalue weighted by molar-refractivity contribution is 6.32. The molecule has 1 saturated heterocycles. The second-order valence-electron chi connectivity index (χ2n) is 14.8. The molecule has 272 valence electrons. The standard InChI is InChI=1S/C47H38N2O6/c1-55-33-21-22-35(40(50)25-33)43-34-23-24-36-42(46(54)49(45(36)53)32-19-17-31(18-20-32)48-30-15-9-4-10-16-30)38(34)26-39-44(52)37(28-11-5-2-6-12-28)27-41(51)47(39,43)29-13-7-3-8-14-29/h2-23,25,27,36,38-39,42-43,48,50H,24,26H2,1H3. The van der Waals surface area contributed by atoms with Gasteiger partial charge in [-0.1, -0.05) is 96.6 Å². The molecule has 0 bridgehead atoms. The molecule has 55 heavy (non-hydrogen) atoms. The molecule has 5 aromatic rings. The second kappa shape index (κ2) is 13.4. The first kappa shape index (κ1) is 34.2. The summed E-state index contributed by atoms with van der Waals surface area (Å²) < 4.78 is 5.44. The number of carbonyl (C=O) groups is 4. The molecule has 5 aromatic carbocycles. The molecule has 6 unspecified atom stereocenters. The normalized spacial score (nSPS) is 25.7. The molecule has 9 rings (SSSR count). The summed E-state index contributed by atoms with van der Waals surface area (Å²) in [4.78, 5) is 60.6. The van der Waals surface area contributed by atoms with Crippen LogP contribution in [0.15, 0.2) is 151 Å². The van der Waals surface area contributed by atoms with E-state index in [0.29, 0.717) is 33.7 Å². The Labute approximate surface area is 318 Å². The molecule has 6 atom stereocenters. The van der Waals surface area contributed by atoms with Crippen molar-refractivity contribution in [3.05, 3.63) is 168 Å². The maximum absolute atomic E-state index is 15.2. The first-order chi connectivity index (χ1) is 26.8. The van der Waals surface area contributed by atoms with Gasteiger partial charge in [-0.3, -0.25) is 24.1 Å². The van der Waals surface area contributed by atoms with Crippen molar-refractivity contribution in [2.75, 3.05) is 17.3 Å². The van der Waals surface area contributed by atoms with Gasteiger partial charge in [0.25, 0.3) is 0 Å². The molecule has 1 aliphatic heterocycles. The highest BCUT2D eigenvalue weighted by Gasteiger charge is 2.66. The summed E-state index contributed by atoms with van der Waals surface area (Å²) >= 11 is 0. The lowest BCUT2D eigenvalue weighted by Gasteiger charge is -2.55. The zero-order valence-electron chi connectivity index (χ0n) is 30.1. The highest BCUT2D eigenvalue weighted by Crippen LogP contribution is 2.64. The molecular formula is C47H38N2O6. The van der Waals surface area contributed by atoms with Crippen LogP contribution in [0.2, 0.25) is 0 Å². The predicted octanol–water partition coefficient (Wildman–Crippen LogP) is 8.17. The number of Topliss-reactive ketones (excluding diaryl/α,β-unsaturated/α-hetero) is 1. The summed E-state index contributed by atoms with van der Waals surface area (Å²) in [7, 11) is 1.51. The maximum atomic E-state index is 15.2. The van der Waals surface area contributed by atoms with Crippen molar-refractivity contribution < 1.29 is 29.0 Å². The number of ketones is 2. The molecule has 0 aromatic heterocycles. The molecule has 0 spiro atoms. The van der Waals surface area contributed by atoms with Crippen LogP contribution in [0.4, 0.5) is 17.1 Å². The van der Waals surface area contributed by atoms with Crippen LogP contribution in [0, 0.1) is 23.7 Å². The van der Waals surface area contributed by atoms with Crippen molar-refractivity contribution in [1.29, 1.82) is 0 Å². The summed E-state index contributed by atoms with van der Waals surface area (Å²) in [6.45, 7) is 0. The number of nitrogens with one attached hydrogen (secondary N) is 1. The number of fused-ring (bicyclic) bond motifs is 4. The Balaban J connectivity index is 1.18. The lowest BCUT2D eigenvalue weighted by Crippen LogP contribution is -2.58. The van der Waals surface area contributed by atoms with Crippen LogP contribution in [-0.2, 0) is 24.6 Å². The molecule has 1 saturated carbocycles. The lowest BCUT2D eigenvalue weighted by atomic mass is 9.44. The van der Waals surface area contributed by atoms with Gasteiger partial charge in [-0.15, -0.1) is 0 Å². The summed E-state index contributed by atoms with van der Waals surface area (Å²) in [5, 5.41) is 15.1. The van der Waals surface area contributed by atoms with E-state index in [1.807, 2.05) is 109 Å². The van der Waals surface area contributed by atoms with E-state index in [-0.39, 0.29) is 42.0 Å². The van der Waals surface area contributed by atoms with Crippen molar-refractivity contribution >= 4 is 46.0 Å². The van der Waals surface area contributed by atoms with Crippen molar-refractivity contribution in [3.63, 3.8) is 0 Å². The Kier molecular flexibility index (Phi) is 8.34. The second-order valence-corrected chi connectivity index (χ2v) is 14.8. The first-order valence-electron chi connectivity index (χ1n) is 18.6. The zero-order chi connectivity index (χ0) is 37.8. The number of phenolic OH excluding ortho intramolecular Hbond substituents is 1. The molecule has 0 radical (unpaired) electrons. The number of imide groups is 1. The number of amides is 2. The van der Waals surface area contributed by atoms with Crippen LogP contribution in [0.3, 0.4) is 0 Å². The summed E-state index contributed by atoms with van der Waals surface area (Å²) in [6, 6.07) is 40.5. The number of hydrogen-bond acceptors (Lipinski definition) is 7. The van der Waals surface area contributed by atoms with Gasteiger partial charge in [0.05, 0.1) is 30.0 Å². The van der Waals surface area contributed by atoms with Crippen molar-refractivity contribution in [2.24, 2.45) is 23.7 Å². The van der Waals surface area contributed by atoms with E-state index >= 15 is 9.59 Å². The van der Waals surface area contributed by atoms with Gasteiger partial charge in [-0.2, -0.15) is 0 Å². The molecule has 2 N–H and O–H groups in total. The maximum Gasteiger partial charge on any atom is 0.238 e. The van der Waals surface area contributed by atoms with Gasteiger partial charge in [0.15, 0.2) is 11.6 Å². The molecule has 1 heterocycles. The average molecular weight is 727 g/mol. The number of methoxy groups -OCH3 is 1. The smallest absolute Gasteiger partial charge is 0.238 e. The number of carbonyl (C=O) groups excluding carboxylic acids is 4. The van der Waals surface area contributed by atoms with E-state index in [1.54, 1.807) is 24.3 Å². The Hall–Kier alpha value is -6.54. The fraction of sp³-hybridized carbons (Fsp3) is 0.191. The van der Waals surface area contributed by atoms with Gasteiger partial charge in [0.1, 0.15) is 11.5 Å². The molecule has 2 fully saturated rings. The Morgan fingerprint density at radius 3 is 2.07 bits per heavy atom. The third-order valence-electron chi connectivity index (χ3n) is 12.1. The van der Waals surface area contributed by atoms with Crippen LogP contribution < -0.4 is 15.0 Å². The highest BCUT2D eigenvalue weighted by atomic mass is 16.5. The third-order valence-corrected chi connectivity index (χ3v) is 12.1. The Morgan fingerprint density at radius 1 is 0.745 bits per heavy atom. The number of aromatic hydroxyl groups is 1. The van der Waals surface area contributed by atoms with Crippen LogP contribution in [-0.4, -0.2) is 35.6 Å². The number of ether oxygens (including phenoxy) is 1. The van der Waals surface area contributed by atoms with E-state index in [2.05, 4.69) is 5.32 Å². The minimum atomic E-state index is -1.44.